The fraction of sp³-hybridized carbons (Fsp3) is 0.389. The van der Waals surface area contributed by atoms with Gasteiger partial charge in [0.2, 0.25) is 0 Å². The first-order valence-corrected chi connectivity index (χ1v) is 8.25. The zero-order chi connectivity index (χ0) is 16.8. The van der Waals surface area contributed by atoms with Crippen molar-refractivity contribution in [3.8, 4) is 0 Å². The molecule has 0 spiro atoms. The molecule has 1 N–H and O–H groups in total. The van der Waals surface area contributed by atoms with Crippen molar-refractivity contribution in [3.63, 3.8) is 0 Å². The number of carboxylic acid groups (broad SMARTS) is 1. The van der Waals surface area contributed by atoms with Crippen molar-refractivity contribution in [2.24, 2.45) is 0 Å². The van der Waals surface area contributed by atoms with E-state index in [9.17, 15) is 9.90 Å². The van der Waals surface area contributed by atoms with Gasteiger partial charge in [0.1, 0.15) is 23.0 Å². The lowest BCUT2D eigenvalue weighted by atomic mass is 10.2. The molecule has 1 aliphatic heterocycles. The van der Waals surface area contributed by atoms with Gasteiger partial charge in [-0.25, -0.2) is 14.8 Å². The summed E-state index contributed by atoms with van der Waals surface area (Å²) in [6.07, 6.45) is 1.46. The molecule has 1 aliphatic rings. The lowest BCUT2D eigenvalue weighted by Gasteiger charge is -2.23. The summed E-state index contributed by atoms with van der Waals surface area (Å²) in [6, 6.07) is 7.17. The Morgan fingerprint density at radius 3 is 2.88 bits per heavy atom. The molecule has 24 heavy (non-hydrogen) atoms. The molecule has 3 heterocycles. The minimum absolute atomic E-state index is 0.146. The quantitative estimate of drug-likeness (QED) is 0.793. The third kappa shape index (κ3) is 2.21. The van der Waals surface area contributed by atoms with Gasteiger partial charge in [-0.05, 0) is 25.0 Å². The summed E-state index contributed by atoms with van der Waals surface area (Å²) in [5.74, 6) is 0.638. The molecule has 6 nitrogen and oxygen atoms in total. The summed E-state index contributed by atoms with van der Waals surface area (Å²) in [5.41, 5.74) is 2.08. The Hall–Kier alpha value is -2.63. The molecule has 1 fully saturated rings. The van der Waals surface area contributed by atoms with Crippen LogP contribution in [-0.2, 0) is 4.79 Å². The van der Waals surface area contributed by atoms with E-state index in [4.69, 9.17) is 4.42 Å². The largest absolute Gasteiger partial charge is 0.480 e. The molecule has 1 saturated heterocycles. The van der Waals surface area contributed by atoms with Gasteiger partial charge < -0.3 is 14.4 Å². The van der Waals surface area contributed by atoms with E-state index in [-0.39, 0.29) is 5.92 Å². The molecule has 0 bridgehead atoms. The van der Waals surface area contributed by atoms with Crippen LogP contribution in [0.4, 0.5) is 5.82 Å². The fourth-order valence-electron chi connectivity index (χ4n) is 3.32. The van der Waals surface area contributed by atoms with Crippen molar-refractivity contribution in [3.05, 3.63) is 30.1 Å². The minimum Gasteiger partial charge on any atom is -0.480 e. The Morgan fingerprint density at radius 1 is 1.33 bits per heavy atom. The first-order valence-electron chi connectivity index (χ1n) is 8.25. The number of carboxylic acids is 1. The van der Waals surface area contributed by atoms with Gasteiger partial charge >= 0.3 is 5.97 Å². The molecule has 0 radical (unpaired) electrons. The number of fused-ring (bicyclic) bond motifs is 3. The Balaban J connectivity index is 2.01. The summed E-state index contributed by atoms with van der Waals surface area (Å²) in [6.45, 7) is 4.73. The zero-order valence-corrected chi connectivity index (χ0v) is 13.7. The van der Waals surface area contributed by atoms with Gasteiger partial charge in [0, 0.05) is 17.8 Å². The molecule has 3 aromatic rings. The van der Waals surface area contributed by atoms with Gasteiger partial charge in [-0.2, -0.15) is 0 Å². The van der Waals surface area contributed by atoms with Crippen molar-refractivity contribution >= 4 is 33.9 Å². The summed E-state index contributed by atoms with van der Waals surface area (Å²) < 4.78 is 6.00. The number of carbonyl (C=O) groups is 1. The third-order valence-corrected chi connectivity index (χ3v) is 4.55. The maximum absolute atomic E-state index is 11.6. The number of para-hydroxylation sites is 1. The van der Waals surface area contributed by atoms with E-state index in [1.807, 2.05) is 43.0 Å². The van der Waals surface area contributed by atoms with Crippen LogP contribution in [0, 0.1) is 0 Å². The smallest absolute Gasteiger partial charge is 0.326 e. The second-order valence-electron chi connectivity index (χ2n) is 6.53. The Bertz CT molecular complexity index is 932. The maximum atomic E-state index is 11.6. The summed E-state index contributed by atoms with van der Waals surface area (Å²) >= 11 is 0. The van der Waals surface area contributed by atoms with Crippen molar-refractivity contribution < 1.29 is 14.3 Å². The number of nitrogens with zero attached hydrogens (tertiary/aromatic N) is 3. The van der Waals surface area contributed by atoms with Gasteiger partial charge in [-0.1, -0.05) is 26.0 Å². The Kier molecular flexibility index (Phi) is 3.40. The van der Waals surface area contributed by atoms with E-state index in [2.05, 4.69) is 9.97 Å². The third-order valence-electron chi connectivity index (χ3n) is 4.55. The Labute approximate surface area is 139 Å². The topological polar surface area (TPSA) is 79.5 Å². The average Bonchev–Trinajstić information content (AvgIpc) is 3.18. The number of benzene rings is 1. The Morgan fingerprint density at radius 2 is 2.12 bits per heavy atom. The summed E-state index contributed by atoms with van der Waals surface area (Å²) in [4.78, 5) is 22.8. The molecule has 6 heteroatoms. The van der Waals surface area contributed by atoms with Gasteiger partial charge in [0.15, 0.2) is 11.4 Å². The van der Waals surface area contributed by atoms with Crippen LogP contribution in [0.2, 0.25) is 0 Å². The van der Waals surface area contributed by atoms with Gasteiger partial charge in [-0.15, -0.1) is 0 Å². The van der Waals surface area contributed by atoms with Crippen LogP contribution >= 0.6 is 0 Å². The lowest BCUT2D eigenvalue weighted by molar-refractivity contribution is -0.138. The highest BCUT2D eigenvalue weighted by Crippen LogP contribution is 2.36. The maximum Gasteiger partial charge on any atom is 0.326 e. The number of hydrogen-bond acceptors (Lipinski definition) is 5. The van der Waals surface area contributed by atoms with Gasteiger partial charge in [-0.3, -0.25) is 0 Å². The standard InChI is InChI=1S/C18H19N3O3/c1-10(2)16-19-14-11-6-3-4-8-13(11)24-15(14)17(20-16)21-9-5-7-12(21)18(22)23/h3-4,6,8,10,12H,5,7,9H2,1-2H3,(H,22,23)/t12-/m0/s1. The second-order valence-corrected chi connectivity index (χ2v) is 6.53. The molecule has 2 aromatic heterocycles. The summed E-state index contributed by atoms with van der Waals surface area (Å²) in [5, 5.41) is 10.5. The predicted octanol–water partition coefficient (Wildman–Crippen LogP) is 3.55. The van der Waals surface area contributed by atoms with Crippen LogP contribution in [0.25, 0.3) is 22.1 Å². The van der Waals surface area contributed by atoms with E-state index >= 15 is 0 Å². The molecule has 0 amide bonds. The molecular formula is C18H19N3O3. The van der Waals surface area contributed by atoms with Crippen LogP contribution in [-0.4, -0.2) is 33.6 Å². The summed E-state index contributed by atoms with van der Waals surface area (Å²) in [7, 11) is 0. The van der Waals surface area contributed by atoms with E-state index < -0.39 is 12.0 Å². The van der Waals surface area contributed by atoms with Crippen LogP contribution in [0.5, 0.6) is 0 Å². The number of aliphatic carboxylic acids is 1. The van der Waals surface area contributed by atoms with Crippen LogP contribution in [0.15, 0.2) is 28.7 Å². The van der Waals surface area contributed by atoms with Gasteiger partial charge in [0.25, 0.3) is 0 Å². The number of aromatic nitrogens is 2. The van der Waals surface area contributed by atoms with E-state index in [1.165, 1.54) is 0 Å². The first-order chi connectivity index (χ1) is 11.6. The lowest BCUT2D eigenvalue weighted by Crippen LogP contribution is -2.36. The minimum atomic E-state index is -0.818. The molecule has 0 unspecified atom stereocenters. The average molecular weight is 325 g/mol. The highest BCUT2D eigenvalue weighted by atomic mass is 16.4. The molecule has 4 rings (SSSR count). The van der Waals surface area contributed by atoms with Crippen molar-refractivity contribution in [1.82, 2.24) is 9.97 Å². The molecule has 1 atom stereocenters. The predicted molar refractivity (Wildman–Crippen MR) is 91.4 cm³/mol. The molecule has 0 saturated carbocycles. The SMILES string of the molecule is CC(C)c1nc(N2CCC[C@H]2C(=O)O)c2oc3ccccc3c2n1. The van der Waals surface area contributed by atoms with Gasteiger partial charge in [0.05, 0.1) is 0 Å². The van der Waals surface area contributed by atoms with Crippen molar-refractivity contribution in [2.45, 2.75) is 38.6 Å². The highest BCUT2D eigenvalue weighted by molar-refractivity contribution is 6.06. The number of hydrogen-bond donors (Lipinski definition) is 1. The van der Waals surface area contributed by atoms with E-state index in [1.54, 1.807) is 0 Å². The molecule has 1 aromatic carbocycles. The fourth-order valence-corrected chi connectivity index (χ4v) is 3.32. The monoisotopic (exact) mass is 325 g/mol. The molecular weight excluding hydrogens is 306 g/mol. The van der Waals surface area contributed by atoms with Crippen molar-refractivity contribution in [2.75, 3.05) is 11.4 Å². The second kappa shape index (κ2) is 5.47. The number of rotatable bonds is 3. The van der Waals surface area contributed by atoms with E-state index in [0.29, 0.717) is 30.2 Å². The normalized spacial score (nSPS) is 18.1. The highest BCUT2D eigenvalue weighted by Gasteiger charge is 2.34. The van der Waals surface area contributed by atoms with E-state index in [0.717, 1.165) is 22.9 Å². The zero-order valence-electron chi connectivity index (χ0n) is 13.7. The molecule has 124 valence electrons. The number of anilines is 1. The first kappa shape index (κ1) is 14.9. The number of furan rings is 1. The van der Waals surface area contributed by atoms with Crippen LogP contribution < -0.4 is 4.90 Å². The van der Waals surface area contributed by atoms with Crippen molar-refractivity contribution in [1.29, 1.82) is 0 Å². The van der Waals surface area contributed by atoms with Crippen LogP contribution in [0.1, 0.15) is 38.4 Å². The molecule has 0 aliphatic carbocycles. The van der Waals surface area contributed by atoms with Crippen LogP contribution in [0.3, 0.4) is 0 Å².